The Balaban J connectivity index is 3.67. The van der Waals surface area contributed by atoms with E-state index in [0.29, 0.717) is 12.8 Å². The van der Waals surface area contributed by atoms with Gasteiger partial charge in [0.05, 0.1) is 6.61 Å². The van der Waals surface area contributed by atoms with Crippen molar-refractivity contribution in [2.75, 3.05) is 13.2 Å². The molecule has 0 fully saturated rings. The van der Waals surface area contributed by atoms with Gasteiger partial charge >= 0.3 is 11.9 Å². The van der Waals surface area contributed by atoms with Gasteiger partial charge in [0.2, 0.25) is 0 Å². The third-order valence-corrected chi connectivity index (χ3v) is 12.3. The molecule has 0 saturated carbocycles. The monoisotopic (exact) mass is 1020 g/mol. The van der Waals surface area contributed by atoms with E-state index in [9.17, 15) is 14.7 Å². The number of hydrogen-bond donors (Lipinski definition) is 1. The van der Waals surface area contributed by atoms with Gasteiger partial charge in [-0.3, -0.25) is 9.59 Å². The molecule has 1 unspecified atom stereocenters. The summed E-state index contributed by atoms with van der Waals surface area (Å²) in [5.41, 5.74) is 0. The van der Waals surface area contributed by atoms with E-state index in [1.807, 2.05) is 0 Å². The molecule has 0 aliphatic heterocycles. The van der Waals surface area contributed by atoms with Gasteiger partial charge in [0, 0.05) is 12.8 Å². The summed E-state index contributed by atoms with van der Waals surface area (Å²) in [6, 6.07) is 0. The number of ether oxygens (including phenoxy) is 2. The molecule has 74 heavy (non-hydrogen) atoms. The molecular weight excluding hydrogens is 909 g/mol. The number of rotatable bonds is 53. The average Bonchev–Trinajstić information content (AvgIpc) is 3.40. The standard InChI is InChI=1S/C69H110O5/c1-3-5-7-9-11-13-15-17-19-21-23-24-25-26-27-28-29-30-31-32-33-34-35-36-37-38-39-40-41-42-43-44-46-48-50-52-54-56-58-60-62-64-69(72)74-67(65-70)66-73-68(71)63-61-59-57-55-53-51-49-47-45-22-20-18-16-14-12-10-8-6-4-2/h5,7,11,13,17-20,23-24,26-27,29-30,32-33,35-36,38-39,41-42,44,46,50,52,67,70H,3-4,6,8-10,12,14-16,21-22,25,28,31,34,37,40,43,45,47-49,51,53-66H2,1-2H3/b7-5-,13-11-,19-17-,20-18-,24-23-,27-26-,30-29-,33-32-,36-35-,39-38-,42-41-,46-44-,52-50-. The van der Waals surface area contributed by atoms with Crippen LogP contribution in [0.3, 0.4) is 0 Å². The number of esters is 2. The Labute approximate surface area is 456 Å². The van der Waals surface area contributed by atoms with Crippen LogP contribution < -0.4 is 0 Å². The van der Waals surface area contributed by atoms with E-state index in [-0.39, 0.29) is 25.2 Å². The van der Waals surface area contributed by atoms with Crippen molar-refractivity contribution in [3.8, 4) is 0 Å². The van der Waals surface area contributed by atoms with Crippen LogP contribution in [0.1, 0.15) is 245 Å². The zero-order valence-corrected chi connectivity index (χ0v) is 47.5. The Bertz CT molecular complexity index is 1620. The van der Waals surface area contributed by atoms with E-state index in [2.05, 4.69) is 172 Å². The lowest BCUT2D eigenvalue weighted by atomic mass is 10.1. The van der Waals surface area contributed by atoms with Crippen LogP contribution in [0.4, 0.5) is 0 Å². The van der Waals surface area contributed by atoms with Crippen LogP contribution in [0, 0.1) is 0 Å². The van der Waals surface area contributed by atoms with E-state index in [1.54, 1.807) is 0 Å². The largest absolute Gasteiger partial charge is 0.462 e. The molecule has 0 saturated heterocycles. The minimum absolute atomic E-state index is 0.0857. The maximum absolute atomic E-state index is 12.3. The Hall–Kier alpha value is -4.48. The average molecular weight is 1020 g/mol. The van der Waals surface area contributed by atoms with Gasteiger partial charge in [-0.2, -0.15) is 0 Å². The number of unbranched alkanes of at least 4 members (excludes halogenated alkanes) is 19. The quantitative estimate of drug-likeness (QED) is 0.0373. The number of aliphatic hydroxyl groups excluding tert-OH is 1. The van der Waals surface area contributed by atoms with Crippen molar-refractivity contribution >= 4 is 11.9 Å². The predicted octanol–water partition coefficient (Wildman–Crippen LogP) is 20.7. The normalized spacial score (nSPS) is 13.4. The van der Waals surface area contributed by atoms with E-state index < -0.39 is 6.10 Å². The first kappa shape index (κ1) is 69.5. The first-order valence-corrected chi connectivity index (χ1v) is 30.0. The summed E-state index contributed by atoms with van der Waals surface area (Å²) in [5.74, 6) is -0.629. The van der Waals surface area contributed by atoms with E-state index >= 15 is 0 Å². The molecule has 0 bridgehead atoms. The van der Waals surface area contributed by atoms with Crippen molar-refractivity contribution in [2.45, 2.75) is 251 Å². The fraction of sp³-hybridized carbons (Fsp3) is 0.594. The van der Waals surface area contributed by atoms with E-state index in [0.717, 1.165) is 128 Å². The molecule has 416 valence electrons. The Morgan fingerprint density at radius 3 is 0.892 bits per heavy atom. The molecule has 0 rings (SSSR count). The van der Waals surface area contributed by atoms with Crippen molar-refractivity contribution in [3.63, 3.8) is 0 Å². The molecule has 0 aliphatic carbocycles. The maximum atomic E-state index is 12.3. The van der Waals surface area contributed by atoms with Crippen molar-refractivity contribution in [1.82, 2.24) is 0 Å². The zero-order chi connectivity index (χ0) is 53.4. The van der Waals surface area contributed by atoms with Gasteiger partial charge < -0.3 is 14.6 Å². The lowest BCUT2D eigenvalue weighted by Crippen LogP contribution is -2.28. The Morgan fingerprint density at radius 2 is 0.581 bits per heavy atom. The molecule has 0 aromatic heterocycles. The molecule has 0 aliphatic rings. The van der Waals surface area contributed by atoms with Crippen LogP contribution in [-0.4, -0.2) is 36.4 Å². The van der Waals surface area contributed by atoms with Crippen molar-refractivity contribution in [1.29, 1.82) is 0 Å². The van der Waals surface area contributed by atoms with Gasteiger partial charge in [0.15, 0.2) is 6.10 Å². The molecule has 5 nitrogen and oxygen atoms in total. The molecule has 1 N–H and O–H groups in total. The third-order valence-electron chi connectivity index (χ3n) is 12.3. The number of hydrogen-bond acceptors (Lipinski definition) is 5. The van der Waals surface area contributed by atoms with E-state index in [4.69, 9.17) is 9.47 Å². The summed E-state index contributed by atoms with van der Waals surface area (Å²) in [6.45, 7) is 4.00. The first-order valence-electron chi connectivity index (χ1n) is 30.0. The fourth-order valence-electron chi connectivity index (χ4n) is 7.82. The van der Waals surface area contributed by atoms with Crippen LogP contribution in [0.2, 0.25) is 0 Å². The number of carbonyl (C=O) groups excluding carboxylic acids is 2. The van der Waals surface area contributed by atoms with Gasteiger partial charge in [0.25, 0.3) is 0 Å². The van der Waals surface area contributed by atoms with Crippen LogP contribution in [0.5, 0.6) is 0 Å². The maximum Gasteiger partial charge on any atom is 0.306 e. The van der Waals surface area contributed by atoms with Gasteiger partial charge in [-0.05, 0) is 128 Å². The molecule has 0 amide bonds. The molecule has 0 heterocycles. The lowest BCUT2D eigenvalue weighted by molar-refractivity contribution is -0.161. The molecular formula is C69H110O5. The second-order valence-corrected chi connectivity index (χ2v) is 19.3. The molecule has 1 atom stereocenters. The number of aliphatic hydroxyl groups is 1. The van der Waals surface area contributed by atoms with Crippen molar-refractivity contribution in [2.24, 2.45) is 0 Å². The zero-order valence-electron chi connectivity index (χ0n) is 47.5. The second-order valence-electron chi connectivity index (χ2n) is 19.3. The first-order chi connectivity index (χ1) is 36.6. The van der Waals surface area contributed by atoms with Gasteiger partial charge in [0.1, 0.15) is 6.61 Å². The van der Waals surface area contributed by atoms with Crippen molar-refractivity contribution < 1.29 is 24.2 Å². The summed E-state index contributed by atoms with van der Waals surface area (Å²) >= 11 is 0. The molecule has 0 aromatic rings. The van der Waals surface area contributed by atoms with Gasteiger partial charge in [-0.25, -0.2) is 0 Å². The Kier molecular flexibility index (Phi) is 59.0. The van der Waals surface area contributed by atoms with Gasteiger partial charge in [-0.1, -0.05) is 262 Å². The van der Waals surface area contributed by atoms with E-state index in [1.165, 1.54) is 89.9 Å². The predicted molar refractivity (Wildman–Crippen MR) is 324 cm³/mol. The topological polar surface area (TPSA) is 72.8 Å². The van der Waals surface area contributed by atoms with Crippen LogP contribution in [-0.2, 0) is 19.1 Å². The lowest BCUT2D eigenvalue weighted by Gasteiger charge is -2.15. The minimum Gasteiger partial charge on any atom is -0.462 e. The minimum atomic E-state index is -0.798. The molecule has 0 aromatic carbocycles. The SMILES string of the molecule is CC/C=C\C/C=C\C/C=C\C/C=C\C/C=C\C/C=C\C/C=C\C/C=C\C/C=C\C/C=C\C/C=C\C/C=C\CCCCCCC(=O)OC(CO)COC(=O)CCCCCCCCCCC/C=C\CCCCCCCC. The summed E-state index contributed by atoms with van der Waals surface area (Å²) in [6.07, 6.45) is 96.5. The number of carbonyl (C=O) groups is 2. The highest BCUT2D eigenvalue weighted by Gasteiger charge is 2.16. The summed E-state index contributed by atoms with van der Waals surface area (Å²) in [7, 11) is 0. The van der Waals surface area contributed by atoms with Crippen LogP contribution >= 0.6 is 0 Å². The third kappa shape index (κ3) is 60.1. The smallest absolute Gasteiger partial charge is 0.306 e. The van der Waals surface area contributed by atoms with Crippen molar-refractivity contribution in [3.05, 3.63) is 158 Å². The second kappa shape index (κ2) is 62.8. The highest BCUT2D eigenvalue weighted by Crippen LogP contribution is 2.14. The number of allylic oxidation sites excluding steroid dienone is 26. The van der Waals surface area contributed by atoms with Gasteiger partial charge in [-0.15, -0.1) is 0 Å². The molecule has 0 radical (unpaired) electrons. The molecule has 0 spiro atoms. The Morgan fingerprint density at radius 1 is 0.324 bits per heavy atom. The van der Waals surface area contributed by atoms with Crippen LogP contribution in [0.15, 0.2) is 158 Å². The highest BCUT2D eigenvalue weighted by molar-refractivity contribution is 5.70. The van der Waals surface area contributed by atoms with Crippen LogP contribution in [0.25, 0.3) is 0 Å². The highest BCUT2D eigenvalue weighted by atomic mass is 16.6. The fourth-order valence-corrected chi connectivity index (χ4v) is 7.82. The summed E-state index contributed by atoms with van der Waals surface area (Å²) in [5, 5.41) is 9.65. The summed E-state index contributed by atoms with van der Waals surface area (Å²) in [4.78, 5) is 24.5. The summed E-state index contributed by atoms with van der Waals surface area (Å²) < 4.78 is 10.7. The molecule has 5 heteroatoms.